The summed E-state index contributed by atoms with van der Waals surface area (Å²) in [5.74, 6) is -5.80. The van der Waals surface area contributed by atoms with Crippen LogP contribution in [0.2, 0.25) is 10.0 Å². The van der Waals surface area contributed by atoms with Crippen molar-refractivity contribution in [2.75, 3.05) is 27.2 Å². The molecule has 1 aliphatic carbocycles. The Hall–Kier alpha value is -4.19. The topological polar surface area (TPSA) is 177 Å². The van der Waals surface area contributed by atoms with Gasteiger partial charge in [0.25, 0.3) is 0 Å². The van der Waals surface area contributed by atoms with Crippen LogP contribution in [0, 0.1) is 11.3 Å². The molecule has 1 aromatic rings. The van der Waals surface area contributed by atoms with E-state index in [4.69, 9.17) is 23.2 Å². The van der Waals surface area contributed by atoms with E-state index in [0.717, 1.165) is 4.90 Å². The van der Waals surface area contributed by atoms with Crippen molar-refractivity contribution in [3.05, 3.63) is 33.8 Å². The van der Waals surface area contributed by atoms with E-state index in [1.165, 1.54) is 25.9 Å². The summed E-state index contributed by atoms with van der Waals surface area (Å²) in [7, 11) is 2.72. The Bertz CT molecular complexity index is 1830. The molecule has 0 radical (unpaired) electrons. The number of alkyl halides is 4. The Morgan fingerprint density at radius 3 is 2.27 bits per heavy atom. The summed E-state index contributed by atoms with van der Waals surface area (Å²) in [6.07, 6.45) is -7.22. The van der Waals surface area contributed by atoms with Gasteiger partial charge in [-0.25, -0.2) is 4.39 Å². The number of hydrogen-bond donors (Lipinski definition) is 4. The van der Waals surface area contributed by atoms with Crippen molar-refractivity contribution in [2.24, 2.45) is 11.3 Å². The molecule has 0 unspecified atom stereocenters. The molecule has 1 aromatic carbocycles. The zero-order valence-corrected chi connectivity index (χ0v) is 37.5. The van der Waals surface area contributed by atoms with Gasteiger partial charge in [0.1, 0.15) is 47.8 Å². The average Bonchev–Trinajstić information content (AvgIpc) is 3.87. The normalized spacial score (nSPS) is 26.1. The molecule has 7 amide bonds. The maximum Gasteiger partial charge on any atom is 0.403 e. The molecule has 0 spiro atoms. The maximum absolute atomic E-state index is 14.8. The van der Waals surface area contributed by atoms with E-state index in [0.29, 0.717) is 28.3 Å². The molecule has 20 heteroatoms. The Morgan fingerprint density at radius 1 is 1.00 bits per heavy atom. The highest BCUT2D eigenvalue weighted by Gasteiger charge is 2.63. The van der Waals surface area contributed by atoms with Crippen LogP contribution in [0.4, 0.5) is 17.6 Å². The lowest BCUT2D eigenvalue weighted by atomic mass is 9.83. The highest BCUT2D eigenvalue weighted by molar-refractivity contribution is 6.33. The van der Waals surface area contributed by atoms with Gasteiger partial charge < -0.3 is 36.0 Å². The van der Waals surface area contributed by atoms with Crippen LogP contribution in [0.1, 0.15) is 97.5 Å². The van der Waals surface area contributed by atoms with E-state index in [2.05, 4.69) is 21.3 Å². The molecule has 2 aliphatic heterocycles. The van der Waals surface area contributed by atoms with Crippen LogP contribution in [-0.4, -0.2) is 132 Å². The van der Waals surface area contributed by atoms with E-state index in [9.17, 15) is 51.1 Å². The van der Waals surface area contributed by atoms with Crippen LogP contribution < -0.4 is 21.3 Å². The highest BCUT2D eigenvalue weighted by atomic mass is 35.5. The lowest BCUT2D eigenvalue weighted by Gasteiger charge is -2.36. The SMILES string of the molecule is CC[C@H](NC(=O)[C@@H]1C[C@@H](F)CN1C(=O)C1(C(F)(F)F)CCCC1)C(=O)N(C)[C@H]1CCCCNC(=O)[C@@H](C)NC(=O)[C@H](Cc2cc(Cl)ccc2Cl)N(C)C(=O)[C@H](CC(C)C)NC1=O. The van der Waals surface area contributed by atoms with Gasteiger partial charge >= 0.3 is 6.18 Å². The summed E-state index contributed by atoms with van der Waals surface area (Å²) >= 11 is 12.7. The number of carbonyl (C=O) groups excluding carboxylic acids is 7. The molecule has 0 aromatic heterocycles. The number of hydrogen-bond acceptors (Lipinski definition) is 7. The molecule has 2 saturated heterocycles. The van der Waals surface area contributed by atoms with E-state index < -0.39 is 121 Å². The van der Waals surface area contributed by atoms with Gasteiger partial charge in [-0.2, -0.15) is 13.2 Å². The van der Waals surface area contributed by atoms with E-state index >= 15 is 0 Å². The number of nitrogens with one attached hydrogen (secondary N) is 4. The van der Waals surface area contributed by atoms with Gasteiger partial charge in [-0.1, -0.05) is 56.8 Å². The second-order valence-electron chi connectivity index (χ2n) is 17.1. The van der Waals surface area contributed by atoms with Crippen LogP contribution in [0.3, 0.4) is 0 Å². The fourth-order valence-corrected chi connectivity index (χ4v) is 8.90. The maximum atomic E-state index is 14.8. The smallest absolute Gasteiger partial charge is 0.354 e. The van der Waals surface area contributed by atoms with Crippen molar-refractivity contribution < 1.29 is 51.1 Å². The van der Waals surface area contributed by atoms with Crippen molar-refractivity contribution in [1.82, 2.24) is 36.0 Å². The number of benzene rings is 1. The third-order valence-corrected chi connectivity index (χ3v) is 12.8. The Balaban J connectivity index is 1.61. The van der Waals surface area contributed by atoms with Gasteiger partial charge in [-0.05, 0) is 81.5 Å². The van der Waals surface area contributed by atoms with Crippen molar-refractivity contribution in [2.45, 2.75) is 147 Å². The third-order valence-electron chi connectivity index (χ3n) is 12.2. The number of amides is 7. The second kappa shape index (κ2) is 21.5. The molecule has 14 nitrogen and oxygen atoms in total. The number of likely N-dealkylation sites (N-methyl/N-ethyl adjacent to an activating group) is 2. The van der Waals surface area contributed by atoms with Crippen LogP contribution in [0.25, 0.3) is 0 Å². The highest BCUT2D eigenvalue weighted by Crippen LogP contribution is 2.52. The van der Waals surface area contributed by atoms with Crippen LogP contribution in [-0.2, 0) is 40.0 Å². The molecule has 4 N–H and O–H groups in total. The molecule has 4 rings (SSSR count). The van der Waals surface area contributed by atoms with Crippen molar-refractivity contribution >= 4 is 64.6 Å². The quantitative estimate of drug-likeness (QED) is 0.250. The molecule has 62 heavy (non-hydrogen) atoms. The molecular formula is C42H59Cl2F4N7O7. The monoisotopic (exact) mass is 919 g/mol. The first-order valence-corrected chi connectivity index (χ1v) is 22.0. The second-order valence-corrected chi connectivity index (χ2v) is 18.0. The predicted octanol–water partition coefficient (Wildman–Crippen LogP) is 4.48. The Morgan fingerprint density at radius 2 is 1.66 bits per heavy atom. The Kier molecular flexibility index (Phi) is 17.5. The lowest BCUT2D eigenvalue weighted by molar-refractivity contribution is -0.226. The van der Waals surface area contributed by atoms with Gasteiger partial charge in [-0.3, -0.25) is 33.6 Å². The van der Waals surface area contributed by atoms with Crippen molar-refractivity contribution in [3.8, 4) is 0 Å². The van der Waals surface area contributed by atoms with Crippen molar-refractivity contribution in [1.29, 1.82) is 0 Å². The minimum absolute atomic E-state index is 0.0426. The van der Waals surface area contributed by atoms with E-state index in [1.807, 2.05) is 13.8 Å². The molecule has 7 atom stereocenters. The van der Waals surface area contributed by atoms with E-state index in [-0.39, 0.29) is 56.0 Å². The molecule has 0 bridgehead atoms. The zero-order chi connectivity index (χ0) is 46.3. The first kappa shape index (κ1) is 50.5. The molecule has 3 aliphatic rings. The molecule has 346 valence electrons. The first-order valence-electron chi connectivity index (χ1n) is 21.2. The van der Waals surface area contributed by atoms with Gasteiger partial charge in [0.2, 0.25) is 41.4 Å². The molecule has 2 heterocycles. The van der Waals surface area contributed by atoms with Gasteiger partial charge in [0, 0.05) is 43.5 Å². The summed E-state index contributed by atoms with van der Waals surface area (Å²) < 4.78 is 57.9. The summed E-state index contributed by atoms with van der Waals surface area (Å²) in [4.78, 5) is 100.0. The van der Waals surface area contributed by atoms with Gasteiger partial charge in [0.05, 0.1) is 6.54 Å². The standard InChI is InChI=1S/C42H59Cl2F4N7O7/c1-7-29(51-37(59)33-21-27(45)22-55(33)40(62)41(42(46,47)48)15-9-10-16-41)38(60)53(5)31-12-8-11-17-49-34(56)24(4)50-36(58)32(20-25-19-26(43)13-14-28(25)44)54(6)39(61)30(18-23(2)3)52-35(31)57/h13-14,19,23-24,27,29-33H,7-12,15-18,20-22H2,1-6H3,(H,49,56)(H,50,58)(H,51,59)(H,52,57)/t24-,27-,29+,30+,31+,32+,33+/m1/s1. The fourth-order valence-electron chi connectivity index (χ4n) is 8.51. The summed E-state index contributed by atoms with van der Waals surface area (Å²) in [5, 5.41) is 11.4. The summed E-state index contributed by atoms with van der Waals surface area (Å²) in [6, 6.07) is -2.92. The van der Waals surface area contributed by atoms with Gasteiger partial charge in [-0.15, -0.1) is 0 Å². The lowest BCUT2D eigenvalue weighted by Crippen LogP contribution is -2.60. The number of halogens is 6. The van der Waals surface area contributed by atoms with Gasteiger partial charge in [0.15, 0.2) is 0 Å². The van der Waals surface area contributed by atoms with Crippen molar-refractivity contribution in [3.63, 3.8) is 0 Å². The first-order chi connectivity index (χ1) is 29.0. The van der Waals surface area contributed by atoms with Crippen LogP contribution in [0.5, 0.6) is 0 Å². The summed E-state index contributed by atoms with van der Waals surface area (Å²) in [6.45, 7) is 6.16. The number of rotatable bonds is 10. The van der Waals surface area contributed by atoms with E-state index in [1.54, 1.807) is 25.1 Å². The number of carbonyl (C=O) groups is 7. The molecule has 1 saturated carbocycles. The summed E-state index contributed by atoms with van der Waals surface area (Å²) in [5.41, 5.74) is -2.28. The molecular weight excluding hydrogens is 861 g/mol. The van der Waals surface area contributed by atoms with Crippen LogP contribution >= 0.6 is 23.2 Å². The largest absolute Gasteiger partial charge is 0.403 e. The minimum atomic E-state index is -4.91. The molecule has 3 fully saturated rings. The fraction of sp³-hybridized carbons (Fsp3) is 0.690. The number of nitrogens with zero attached hydrogens (tertiary/aromatic N) is 3. The minimum Gasteiger partial charge on any atom is -0.354 e. The zero-order valence-electron chi connectivity index (χ0n) is 36.0. The predicted molar refractivity (Wildman–Crippen MR) is 223 cm³/mol. The third kappa shape index (κ3) is 11.9. The Labute approximate surface area is 369 Å². The van der Waals surface area contributed by atoms with Crippen LogP contribution in [0.15, 0.2) is 18.2 Å². The number of likely N-dealkylation sites (tertiary alicyclic amines) is 1. The average molecular weight is 921 g/mol.